The summed E-state index contributed by atoms with van der Waals surface area (Å²) in [6.07, 6.45) is 8.39. The van der Waals surface area contributed by atoms with Crippen LogP contribution in [0.15, 0.2) is 36.5 Å². The number of nitrogens with zero attached hydrogens (tertiary/aromatic N) is 2. The fourth-order valence-corrected chi connectivity index (χ4v) is 5.01. The van der Waals surface area contributed by atoms with Gasteiger partial charge >= 0.3 is 5.97 Å². The maximum absolute atomic E-state index is 13.2. The van der Waals surface area contributed by atoms with Crippen LogP contribution >= 0.6 is 0 Å². The number of para-hydroxylation sites is 1. The fourth-order valence-electron chi connectivity index (χ4n) is 5.01. The number of carbonyl (C=O) groups excluding carboxylic acids is 2. The molecule has 4 rings (SSSR count). The lowest BCUT2D eigenvalue weighted by molar-refractivity contribution is -0.138. The zero-order valence-electron chi connectivity index (χ0n) is 17.7. The third kappa shape index (κ3) is 4.86. The predicted octanol–water partition coefficient (Wildman–Crippen LogP) is 3.38. The van der Waals surface area contributed by atoms with E-state index in [0.29, 0.717) is 24.1 Å². The Labute approximate surface area is 181 Å². The maximum Gasteiger partial charge on any atom is 0.303 e. The van der Waals surface area contributed by atoms with E-state index >= 15 is 0 Å². The van der Waals surface area contributed by atoms with E-state index < -0.39 is 17.9 Å². The Bertz CT molecular complexity index is 974. The van der Waals surface area contributed by atoms with E-state index in [-0.39, 0.29) is 18.7 Å². The minimum absolute atomic E-state index is 0.0720. The van der Waals surface area contributed by atoms with Gasteiger partial charge in [-0.1, -0.05) is 31.0 Å². The van der Waals surface area contributed by atoms with Crippen LogP contribution in [-0.2, 0) is 9.59 Å². The number of hydrogen-bond acceptors (Lipinski definition) is 4. The van der Waals surface area contributed by atoms with Crippen molar-refractivity contribution in [3.63, 3.8) is 0 Å². The Morgan fingerprint density at radius 2 is 1.81 bits per heavy atom. The fraction of sp³-hybridized carbons (Fsp3) is 0.500. The number of aromatic nitrogens is 1. The summed E-state index contributed by atoms with van der Waals surface area (Å²) in [5.41, 5.74) is 1.52. The summed E-state index contributed by atoms with van der Waals surface area (Å²) < 4.78 is 0. The van der Waals surface area contributed by atoms with Gasteiger partial charge in [-0.2, -0.15) is 0 Å². The second-order valence-corrected chi connectivity index (χ2v) is 8.91. The van der Waals surface area contributed by atoms with Gasteiger partial charge in [-0.05, 0) is 49.7 Å². The summed E-state index contributed by atoms with van der Waals surface area (Å²) in [7, 11) is 0. The first-order valence-corrected chi connectivity index (χ1v) is 11.1. The van der Waals surface area contributed by atoms with Gasteiger partial charge in [0.2, 0.25) is 5.91 Å². The molecule has 1 aliphatic heterocycles. The van der Waals surface area contributed by atoms with Gasteiger partial charge in [-0.25, -0.2) is 0 Å². The first-order chi connectivity index (χ1) is 15.0. The molecule has 1 aromatic carbocycles. The monoisotopic (exact) mass is 423 g/mol. The number of nitrogens with one attached hydrogen (secondary N) is 1. The molecule has 7 nitrogen and oxygen atoms in total. The van der Waals surface area contributed by atoms with Crippen LogP contribution in [0, 0.1) is 5.41 Å². The number of carboxylic acid groups (broad SMARTS) is 1. The molecular formula is C24H29N3O4. The molecule has 0 bridgehead atoms. The topological polar surface area (TPSA) is 99.6 Å². The van der Waals surface area contributed by atoms with Crippen LogP contribution in [0.4, 0.5) is 0 Å². The molecule has 31 heavy (non-hydrogen) atoms. The van der Waals surface area contributed by atoms with Crippen LogP contribution in [0.3, 0.4) is 0 Å². The smallest absolute Gasteiger partial charge is 0.303 e. The Morgan fingerprint density at radius 1 is 1.10 bits per heavy atom. The molecule has 0 radical (unpaired) electrons. The van der Waals surface area contributed by atoms with Crippen LogP contribution < -0.4 is 5.32 Å². The molecule has 7 heteroatoms. The number of likely N-dealkylation sites (tertiary alicyclic amines) is 1. The lowest BCUT2D eigenvalue weighted by Gasteiger charge is -2.40. The number of pyridine rings is 1. The molecule has 2 heterocycles. The van der Waals surface area contributed by atoms with E-state index in [1.165, 1.54) is 31.9 Å². The molecule has 1 aromatic heterocycles. The van der Waals surface area contributed by atoms with Crippen molar-refractivity contribution in [2.45, 2.75) is 57.4 Å². The van der Waals surface area contributed by atoms with Crippen molar-refractivity contribution in [2.75, 3.05) is 13.1 Å². The Hall–Kier alpha value is -2.96. The highest BCUT2D eigenvalue weighted by atomic mass is 16.4. The summed E-state index contributed by atoms with van der Waals surface area (Å²) in [5.74, 6) is -1.58. The maximum atomic E-state index is 13.2. The lowest BCUT2D eigenvalue weighted by atomic mass is 9.77. The highest BCUT2D eigenvalue weighted by Crippen LogP contribution is 2.46. The highest BCUT2D eigenvalue weighted by molar-refractivity contribution is 5.99. The van der Waals surface area contributed by atoms with Crippen LogP contribution in [-0.4, -0.2) is 51.9 Å². The van der Waals surface area contributed by atoms with E-state index in [9.17, 15) is 14.4 Å². The molecule has 1 saturated heterocycles. The molecule has 1 spiro atoms. The van der Waals surface area contributed by atoms with Gasteiger partial charge in [-0.3, -0.25) is 19.4 Å². The van der Waals surface area contributed by atoms with Crippen molar-refractivity contribution >= 4 is 28.7 Å². The van der Waals surface area contributed by atoms with Gasteiger partial charge in [0, 0.05) is 31.1 Å². The third-order valence-corrected chi connectivity index (χ3v) is 6.90. The molecule has 1 unspecified atom stereocenters. The summed E-state index contributed by atoms with van der Waals surface area (Å²) in [4.78, 5) is 43.3. The molecule has 2 fully saturated rings. The van der Waals surface area contributed by atoms with E-state index in [0.717, 1.165) is 23.7 Å². The number of carbonyl (C=O) groups is 3. The van der Waals surface area contributed by atoms with Gasteiger partial charge in [0.15, 0.2) is 0 Å². The van der Waals surface area contributed by atoms with E-state index in [1.54, 1.807) is 11.0 Å². The highest BCUT2D eigenvalue weighted by Gasteiger charge is 2.39. The second kappa shape index (κ2) is 9.04. The largest absolute Gasteiger partial charge is 0.481 e. The normalized spacial score (nSPS) is 18.8. The van der Waals surface area contributed by atoms with Crippen molar-refractivity contribution in [1.82, 2.24) is 15.2 Å². The van der Waals surface area contributed by atoms with Crippen molar-refractivity contribution < 1.29 is 19.5 Å². The van der Waals surface area contributed by atoms with Gasteiger partial charge in [0.05, 0.1) is 11.1 Å². The standard InChI is InChI=1S/C24H29N3O4/c28-21(29)8-7-20(23(31)27-13-11-24(12-14-27)9-3-4-10-24)26-22(30)18-15-17-5-1-2-6-19(17)25-16-18/h1-2,5-6,15-16,20H,3-4,7-14H2,(H,26,30)(H,28,29). The van der Waals surface area contributed by atoms with Crippen molar-refractivity contribution in [3.8, 4) is 0 Å². The average Bonchev–Trinajstić information content (AvgIpc) is 3.24. The molecule has 1 saturated carbocycles. The number of benzene rings is 1. The zero-order chi connectivity index (χ0) is 21.8. The average molecular weight is 424 g/mol. The SMILES string of the molecule is O=C(O)CCC(NC(=O)c1cnc2ccccc2c1)C(=O)N1CCC2(CCCC2)CC1. The van der Waals surface area contributed by atoms with E-state index in [1.807, 2.05) is 24.3 Å². The number of rotatable bonds is 6. The molecule has 1 aliphatic carbocycles. The number of aliphatic carboxylic acids is 1. The quantitative estimate of drug-likeness (QED) is 0.742. The van der Waals surface area contributed by atoms with E-state index in [2.05, 4.69) is 10.3 Å². The summed E-state index contributed by atoms with van der Waals surface area (Å²) in [6.45, 7) is 1.35. The number of fused-ring (bicyclic) bond motifs is 1. The van der Waals surface area contributed by atoms with Crippen LogP contribution in [0.2, 0.25) is 0 Å². The molecular weight excluding hydrogens is 394 g/mol. The molecule has 2 amide bonds. The Balaban J connectivity index is 1.45. The third-order valence-electron chi connectivity index (χ3n) is 6.90. The lowest BCUT2D eigenvalue weighted by Crippen LogP contribution is -2.52. The van der Waals surface area contributed by atoms with E-state index in [4.69, 9.17) is 5.11 Å². The Kier molecular flexibility index (Phi) is 6.20. The summed E-state index contributed by atoms with van der Waals surface area (Å²) >= 11 is 0. The van der Waals surface area contributed by atoms with Crippen molar-refractivity contribution in [1.29, 1.82) is 0 Å². The first-order valence-electron chi connectivity index (χ1n) is 11.1. The molecule has 2 aliphatic rings. The Morgan fingerprint density at radius 3 is 2.52 bits per heavy atom. The molecule has 164 valence electrons. The molecule has 2 aromatic rings. The molecule has 1 atom stereocenters. The summed E-state index contributed by atoms with van der Waals surface area (Å²) in [6, 6.07) is 8.37. The number of hydrogen-bond donors (Lipinski definition) is 2. The van der Waals surface area contributed by atoms with Gasteiger partial charge in [-0.15, -0.1) is 0 Å². The van der Waals surface area contributed by atoms with Gasteiger partial charge in [0.25, 0.3) is 5.91 Å². The van der Waals surface area contributed by atoms with Crippen LogP contribution in [0.1, 0.15) is 61.7 Å². The van der Waals surface area contributed by atoms with Gasteiger partial charge < -0.3 is 15.3 Å². The minimum atomic E-state index is -0.983. The van der Waals surface area contributed by atoms with Crippen LogP contribution in [0.5, 0.6) is 0 Å². The number of piperidine rings is 1. The first kappa shape index (κ1) is 21.3. The second-order valence-electron chi connectivity index (χ2n) is 8.91. The predicted molar refractivity (Wildman–Crippen MR) is 117 cm³/mol. The van der Waals surface area contributed by atoms with Crippen molar-refractivity contribution in [2.24, 2.45) is 5.41 Å². The van der Waals surface area contributed by atoms with Crippen molar-refractivity contribution in [3.05, 3.63) is 42.1 Å². The number of amides is 2. The number of carboxylic acids is 1. The van der Waals surface area contributed by atoms with Crippen LogP contribution in [0.25, 0.3) is 10.9 Å². The minimum Gasteiger partial charge on any atom is -0.481 e. The van der Waals surface area contributed by atoms with Gasteiger partial charge in [0.1, 0.15) is 6.04 Å². The zero-order valence-corrected chi connectivity index (χ0v) is 17.7. The summed E-state index contributed by atoms with van der Waals surface area (Å²) in [5, 5.41) is 12.7. The molecule has 2 N–H and O–H groups in total.